The molecule has 24 heavy (non-hydrogen) atoms. The molecule has 1 saturated heterocycles. The number of alkyl halides is 1. The summed E-state index contributed by atoms with van der Waals surface area (Å²) in [6, 6.07) is 0. The van der Waals surface area contributed by atoms with E-state index in [-0.39, 0.29) is 12.4 Å². The SMILES string of the molecule is CCCCCO[C@H]1[C@H](F)[C@H](n2cnc3c(N)ncnc32)O[C@@H]1CO. The number of aliphatic hydroxyl groups excluding tert-OH is 1. The minimum absolute atomic E-state index is 0.221. The molecule has 3 N–H and O–H groups in total. The number of aromatic nitrogens is 4. The fourth-order valence-electron chi connectivity index (χ4n) is 2.89. The molecule has 9 heteroatoms. The highest BCUT2D eigenvalue weighted by Crippen LogP contribution is 2.35. The summed E-state index contributed by atoms with van der Waals surface area (Å²) in [5, 5.41) is 9.49. The summed E-state index contributed by atoms with van der Waals surface area (Å²) in [5.74, 6) is 0.221. The molecule has 4 atom stereocenters. The van der Waals surface area contributed by atoms with Gasteiger partial charge in [0.15, 0.2) is 23.9 Å². The van der Waals surface area contributed by atoms with Gasteiger partial charge in [0, 0.05) is 6.61 Å². The lowest BCUT2D eigenvalue weighted by Crippen LogP contribution is -2.34. The van der Waals surface area contributed by atoms with Gasteiger partial charge in [0.05, 0.1) is 12.9 Å². The Kier molecular flexibility index (Phi) is 5.22. The molecular formula is C15H22FN5O3. The average Bonchev–Trinajstić information content (AvgIpc) is 3.14. The maximum atomic E-state index is 14.9. The second kappa shape index (κ2) is 7.37. The van der Waals surface area contributed by atoms with Crippen LogP contribution < -0.4 is 5.73 Å². The Morgan fingerprint density at radius 2 is 2.21 bits per heavy atom. The van der Waals surface area contributed by atoms with Crippen LogP contribution in [0.25, 0.3) is 11.2 Å². The van der Waals surface area contributed by atoms with E-state index in [1.165, 1.54) is 17.2 Å². The molecule has 132 valence electrons. The van der Waals surface area contributed by atoms with Crippen LogP contribution in [0.2, 0.25) is 0 Å². The van der Waals surface area contributed by atoms with Gasteiger partial charge in [-0.1, -0.05) is 19.8 Å². The number of nitrogens with zero attached hydrogens (tertiary/aromatic N) is 4. The Morgan fingerprint density at radius 3 is 2.96 bits per heavy atom. The molecule has 0 aliphatic carbocycles. The van der Waals surface area contributed by atoms with E-state index in [1.807, 2.05) is 0 Å². The number of hydrogen-bond donors (Lipinski definition) is 2. The van der Waals surface area contributed by atoms with Crippen molar-refractivity contribution in [2.75, 3.05) is 18.9 Å². The Labute approximate surface area is 138 Å². The van der Waals surface area contributed by atoms with E-state index >= 15 is 0 Å². The number of halogens is 1. The summed E-state index contributed by atoms with van der Waals surface area (Å²) in [4.78, 5) is 12.1. The van der Waals surface area contributed by atoms with Crippen molar-refractivity contribution in [1.29, 1.82) is 0 Å². The highest BCUT2D eigenvalue weighted by atomic mass is 19.1. The summed E-state index contributed by atoms with van der Waals surface area (Å²) in [6.45, 7) is 2.20. The summed E-state index contributed by atoms with van der Waals surface area (Å²) < 4.78 is 27.7. The summed E-state index contributed by atoms with van der Waals surface area (Å²) in [7, 11) is 0. The Balaban J connectivity index is 1.79. The predicted octanol–water partition coefficient (Wildman–Crippen LogP) is 1.21. The molecule has 0 amide bonds. The minimum atomic E-state index is -1.45. The first-order chi connectivity index (χ1) is 11.7. The number of fused-ring (bicyclic) bond motifs is 1. The topological polar surface area (TPSA) is 108 Å². The molecule has 2 aromatic heterocycles. The average molecular weight is 339 g/mol. The molecule has 3 heterocycles. The molecular weight excluding hydrogens is 317 g/mol. The Morgan fingerprint density at radius 1 is 1.38 bits per heavy atom. The van der Waals surface area contributed by atoms with Crippen LogP contribution in [-0.2, 0) is 9.47 Å². The number of imidazole rings is 1. The molecule has 0 bridgehead atoms. The highest BCUT2D eigenvalue weighted by Gasteiger charge is 2.47. The maximum Gasteiger partial charge on any atom is 0.174 e. The Hall–Kier alpha value is -1.84. The van der Waals surface area contributed by atoms with Crippen molar-refractivity contribution in [3.8, 4) is 0 Å². The van der Waals surface area contributed by atoms with Crippen LogP contribution in [0.3, 0.4) is 0 Å². The Bertz CT molecular complexity index is 682. The van der Waals surface area contributed by atoms with Crippen LogP contribution in [0, 0.1) is 0 Å². The van der Waals surface area contributed by atoms with E-state index in [0.29, 0.717) is 17.8 Å². The van der Waals surface area contributed by atoms with Gasteiger partial charge in [-0.3, -0.25) is 4.57 Å². The van der Waals surface area contributed by atoms with Crippen LogP contribution in [0.4, 0.5) is 10.2 Å². The molecule has 2 aromatic rings. The van der Waals surface area contributed by atoms with Crippen LogP contribution in [0.5, 0.6) is 0 Å². The number of aliphatic hydroxyl groups is 1. The van der Waals surface area contributed by atoms with Crippen molar-refractivity contribution in [3.63, 3.8) is 0 Å². The third kappa shape index (κ3) is 3.06. The van der Waals surface area contributed by atoms with Crippen LogP contribution >= 0.6 is 0 Å². The third-order valence-electron chi connectivity index (χ3n) is 4.17. The van der Waals surface area contributed by atoms with E-state index in [1.54, 1.807) is 0 Å². The number of ether oxygens (including phenoxy) is 2. The number of hydrogen-bond acceptors (Lipinski definition) is 7. The van der Waals surface area contributed by atoms with E-state index in [4.69, 9.17) is 15.2 Å². The van der Waals surface area contributed by atoms with Crippen LogP contribution in [-0.4, -0.2) is 56.2 Å². The molecule has 1 fully saturated rings. The number of nitrogen functional groups attached to an aromatic ring is 1. The van der Waals surface area contributed by atoms with Gasteiger partial charge in [-0.05, 0) is 6.42 Å². The van der Waals surface area contributed by atoms with Crippen molar-refractivity contribution < 1.29 is 19.0 Å². The number of unbranched alkanes of at least 4 members (excludes halogenated alkanes) is 2. The lowest BCUT2D eigenvalue weighted by Gasteiger charge is -2.18. The first-order valence-electron chi connectivity index (χ1n) is 8.12. The molecule has 0 aromatic carbocycles. The smallest absolute Gasteiger partial charge is 0.174 e. The first-order valence-corrected chi connectivity index (χ1v) is 8.12. The molecule has 1 aliphatic rings. The summed E-state index contributed by atoms with van der Waals surface area (Å²) >= 11 is 0. The van der Waals surface area contributed by atoms with Gasteiger partial charge in [-0.15, -0.1) is 0 Å². The molecule has 3 rings (SSSR count). The van der Waals surface area contributed by atoms with Gasteiger partial charge in [-0.2, -0.15) is 0 Å². The lowest BCUT2D eigenvalue weighted by molar-refractivity contribution is -0.0608. The van der Waals surface area contributed by atoms with Crippen LogP contribution in [0.1, 0.15) is 32.4 Å². The molecule has 0 saturated carbocycles. The molecule has 0 radical (unpaired) electrons. The number of nitrogens with two attached hydrogens (primary N) is 1. The van der Waals surface area contributed by atoms with E-state index in [9.17, 15) is 9.50 Å². The fraction of sp³-hybridized carbons (Fsp3) is 0.667. The number of anilines is 1. The predicted molar refractivity (Wildman–Crippen MR) is 84.9 cm³/mol. The zero-order valence-electron chi connectivity index (χ0n) is 13.5. The zero-order chi connectivity index (χ0) is 17.1. The zero-order valence-corrected chi connectivity index (χ0v) is 13.5. The quantitative estimate of drug-likeness (QED) is 0.730. The largest absolute Gasteiger partial charge is 0.394 e. The standard InChI is InChI=1S/C15H22FN5O3/c1-2-3-4-5-23-12-9(6-22)24-15(10(12)16)21-8-20-11-13(17)18-7-19-14(11)21/h7-10,12,15,22H,2-6H2,1H3,(H2,17,18,19)/t9-,10+,12-,15-/m1/s1. The van der Waals surface area contributed by atoms with Crippen LogP contribution in [0.15, 0.2) is 12.7 Å². The van der Waals surface area contributed by atoms with Crippen molar-refractivity contribution in [2.24, 2.45) is 0 Å². The highest BCUT2D eigenvalue weighted by molar-refractivity contribution is 5.81. The second-order valence-corrected chi connectivity index (χ2v) is 5.82. The monoisotopic (exact) mass is 339 g/mol. The third-order valence-corrected chi connectivity index (χ3v) is 4.17. The van der Waals surface area contributed by atoms with Gasteiger partial charge in [-0.25, -0.2) is 19.3 Å². The van der Waals surface area contributed by atoms with Crippen molar-refractivity contribution in [1.82, 2.24) is 19.5 Å². The maximum absolute atomic E-state index is 14.9. The second-order valence-electron chi connectivity index (χ2n) is 5.82. The molecule has 0 unspecified atom stereocenters. The lowest BCUT2D eigenvalue weighted by atomic mass is 10.1. The van der Waals surface area contributed by atoms with Gasteiger partial charge in [0.1, 0.15) is 24.1 Å². The van der Waals surface area contributed by atoms with Gasteiger partial charge in [0.2, 0.25) is 0 Å². The molecule has 8 nitrogen and oxygen atoms in total. The van der Waals surface area contributed by atoms with Gasteiger partial charge in [0.25, 0.3) is 0 Å². The van der Waals surface area contributed by atoms with E-state index in [0.717, 1.165) is 19.3 Å². The fourth-order valence-corrected chi connectivity index (χ4v) is 2.89. The number of rotatable bonds is 7. The van der Waals surface area contributed by atoms with Crippen molar-refractivity contribution in [2.45, 2.75) is 50.8 Å². The molecule has 0 spiro atoms. The first kappa shape index (κ1) is 17.0. The van der Waals surface area contributed by atoms with E-state index < -0.39 is 24.6 Å². The van der Waals surface area contributed by atoms with Crippen molar-refractivity contribution in [3.05, 3.63) is 12.7 Å². The van der Waals surface area contributed by atoms with Gasteiger partial charge >= 0.3 is 0 Å². The summed E-state index contributed by atoms with van der Waals surface area (Å²) in [5.41, 5.74) is 6.53. The normalized spacial score (nSPS) is 27.1. The van der Waals surface area contributed by atoms with Gasteiger partial charge < -0.3 is 20.3 Å². The molecule has 1 aliphatic heterocycles. The summed E-state index contributed by atoms with van der Waals surface area (Å²) in [6.07, 6.45) is 1.64. The van der Waals surface area contributed by atoms with Crippen molar-refractivity contribution >= 4 is 17.0 Å². The minimum Gasteiger partial charge on any atom is -0.394 e. The van der Waals surface area contributed by atoms with E-state index in [2.05, 4.69) is 21.9 Å².